The number of amides is 1. The predicted molar refractivity (Wildman–Crippen MR) is 93.7 cm³/mol. The van der Waals surface area contributed by atoms with E-state index in [4.69, 9.17) is 0 Å². The number of thiazole rings is 1. The standard InChI is InChI=1S/C17H16N4OS/c1-21(13-7-3-2-4-8-13)11-16(22)20-17-19-15(12-23-17)14-9-5-6-10-18-14/h2-10,12H,11H2,1H3,(H,19,20,22). The molecule has 3 rings (SSSR count). The molecule has 2 aromatic heterocycles. The first-order valence-electron chi connectivity index (χ1n) is 7.15. The van der Waals surface area contributed by atoms with E-state index in [0.29, 0.717) is 5.13 Å². The Morgan fingerprint density at radius 3 is 2.65 bits per heavy atom. The van der Waals surface area contributed by atoms with Gasteiger partial charge in [0.2, 0.25) is 5.91 Å². The molecule has 5 nitrogen and oxygen atoms in total. The molecule has 23 heavy (non-hydrogen) atoms. The van der Waals surface area contributed by atoms with Gasteiger partial charge in [-0.3, -0.25) is 9.78 Å². The van der Waals surface area contributed by atoms with E-state index in [9.17, 15) is 4.79 Å². The van der Waals surface area contributed by atoms with E-state index in [2.05, 4.69) is 15.3 Å². The quantitative estimate of drug-likeness (QED) is 0.782. The smallest absolute Gasteiger partial charge is 0.245 e. The summed E-state index contributed by atoms with van der Waals surface area (Å²) in [4.78, 5) is 22.7. The lowest BCUT2D eigenvalue weighted by atomic mass is 10.3. The van der Waals surface area contributed by atoms with E-state index in [-0.39, 0.29) is 12.5 Å². The largest absolute Gasteiger partial charge is 0.365 e. The molecular formula is C17H16N4OS. The fourth-order valence-electron chi connectivity index (χ4n) is 2.11. The normalized spacial score (nSPS) is 10.3. The van der Waals surface area contributed by atoms with Gasteiger partial charge in [-0.05, 0) is 24.3 Å². The van der Waals surface area contributed by atoms with Crippen LogP contribution in [0.15, 0.2) is 60.1 Å². The maximum absolute atomic E-state index is 12.1. The molecule has 0 aliphatic rings. The highest BCUT2D eigenvalue weighted by molar-refractivity contribution is 7.14. The lowest BCUT2D eigenvalue weighted by Crippen LogP contribution is -2.29. The van der Waals surface area contributed by atoms with Gasteiger partial charge in [0.05, 0.1) is 12.2 Å². The Labute approximate surface area is 138 Å². The monoisotopic (exact) mass is 324 g/mol. The number of carbonyl (C=O) groups excluding carboxylic acids is 1. The van der Waals surface area contributed by atoms with Gasteiger partial charge in [0, 0.05) is 24.3 Å². The average Bonchev–Trinajstić information content (AvgIpc) is 3.04. The van der Waals surface area contributed by atoms with Gasteiger partial charge in [0.25, 0.3) is 0 Å². The second kappa shape index (κ2) is 7.02. The number of para-hydroxylation sites is 1. The predicted octanol–water partition coefficient (Wildman–Crippen LogP) is 3.28. The van der Waals surface area contributed by atoms with Crippen LogP contribution in [0.4, 0.5) is 10.8 Å². The Bertz CT molecular complexity index is 774. The van der Waals surface area contributed by atoms with Gasteiger partial charge in [0.1, 0.15) is 5.69 Å². The number of benzene rings is 1. The third kappa shape index (κ3) is 3.92. The molecule has 3 aromatic rings. The van der Waals surface area contributed by atoms with Crippen molar-refractivity contribution in [2.45, 2.75) is 0 Å². The molecule has 0 unspecified atom stereocenters. The van der Waals surface area contributed by atoms with Crippen molar-refractivity contribution >= 4 is 28.1 Å². The summed E-state index contributed by atoms with van der Waals surface area (Å²) in [6.07, 6.45) is 1.72. The average molecular weight is 324 g/mol. The van der Waals surface area contributed by atoms with Crippen molar-refractivity contribution in [2.75, 3.05) is 23.8 Å². The molecule has 1 amide bonds. The van der Waals surface area contributed by atoms with Gasteiger partial charge in [-0.2, -0.15) is 0 Å². The van der Waals surface area contributed by atoms with Gasteiger partial charge < -0.3 is 10.2 Å². The van der Waals surface area contributed by atoms with E-state index in [1.54, 1.807) is 6.20 Å². The zero-order chi connectivity index (χ0) is 16.1. The Morgan fingerprint density at radius 1 is 1.13 bits per heavy atom. The Balaban J connectivity index is 1.61. The van der Waals surface area contributed by atoms with E-state index < -0.39 is 0 Å². The van der Waals surface area contributed by atoms with Crippen molar-refractivity contribution in [2.24, 2.45) is 0 Å². The van der Waals surface area contributed by atoms with Crippen molar-refractivity contribution in [1.82, 2.24) is 9.97 Å². The summed E-state index contributed by atoms with van der Waals surface area (Å²) in [5, 5.41) is 5.30. The zero-order valence-corrected chi connectivity index (χ0v) is 13.5. The highest BCUT2D eigenvalue weighted by Crippen LogP contribution is 2.23. The molecule has 0 radical (unpaired) electrons. The number of nitrogens with one attached hydrogen (secondary N) is 1. The number of hydrogen-bond acceptors (Lipinski definition) is 5. The maximum Gasteiger partial charge on any atom is 0.245 e. The summed E-state index contributed by atoms with van der Waals surface area (Å²) in [5.41, 5.74) is 2.56. The number of nitrogens with zero attached hydrogens (tertiary/aromatic N) is 3. The molecule has 2 heterocycles. The summed E-state index contributed by atoms with van der Waals surface area (Å²) in [5.74, 6) is -0.0988. The zero-order valence-electron chi connectivity index (χ0n) is 12.6. The maximum atomic E-state index is 12.1. The van der Waals surface area contributed by atoms with Crippen LogP contribution in [0, 0.1) is 0 Å². The van der Waals surface area contributed by atoms with Crippen molar-refractivity contribution in [1.29, 1.82) is 0 Å². The summed E-state index contributed by atoms with van der Waals surface area (Å²) in [7, 11) is 1.89. The minimum Gasteiger partial charge on any atom is -0.365 e. The highest BCUT2D eigenvalue weighted by atomic mass is 32.1. The molecule has 6 heteroatoms. The molecular weight excluding hydrogens is 308 g/mol. The third-order valence-corrected chi connectivity index (χ3v) is 4.01. The second-order valence-corrected chi connectivity index (χ2v) is 5.85. The molecule has 0 aliphatic carbocycles. The number of likely N-dealkylation sites (N-methyl/N-ethyl adjacent to an activating group) is 1. The van der Waals surface area contributed by atoms with E-state index in [0.717, 1.165) is 17.1 Å². The number of pyridine rings is 1. The number of aromatic nitrogens is 2. The van der Waals surface area contributed by atoms with Gasteiger partial charge in [0.15, 0.2) is 5.13 Å². The van der Waals surface area contributed by atoms with E-state index in [1.807, 2.05) is 65.9 Å². The van der Waals surface area contributed by atoms with Gasteiger partial charge in [-0.1, -0.05) is 24.3 Å². The SMILES string of the molecule is CN(CC(=O)Nc1nc(-c2ccccn2)cs1)c1ccccc1. The molecule has 0 aliphatic heterocycles. The minimum absolute atomic E-state index is 0.0988. The summed E-state index contributed by atoms with van der Waals surface area (Å²) in [6.45, 7) is 0.266. The van der Waals surface area contributed by atoms with Crippen LogP contribution < -0.4 is 10.2 Å². The van der Waals surface area contributed by atoms with Crippen LogP contribution in [0.2, 0.25) is 0 Å². The van der Waals surface area contributed by atoms with Crippen molar-refractivity contribution in [3.8, 4) is 11.4 Å². The number of carbonyl (C=O) groups is 1. The number of anilines is 2. The van der Waals surface area contributed by atoms with E-state index in [1.165, 1.54) is 11.3 Å². The molecule has 0 saturated heterocycles. The molecule has 1 aromatic carbocycles. The fraction of sp³-hybridized carbons (Fsp3) is 0.118. The van der Waals surface area contributed by atoms with Gasteiger partial charge >= 0.3 is 0 Å². The lowest BCUT2D eigenvalue weighted by molar-refractivity contribution is -0.114. The Kier molecular flexibility index (Phi) is 4.63. The van der Waals surface area contributed by atoms with Crippen LogP contribution in [0.5, 0.6) is 0 Å². The van der Waals surface area contributed by atoms with Crippen LogP contribution in [-0.2, 0) is 4.79 Å². The Hall–Kier alpha value is -2.73. The third-order valence-electron chi connectivity index (χ3n) is 3.26. The number of rotatable bonds is 5. The van der Waals surface area contributed by atoms with Gasteiger partial charge in [-0.25, -0.2) is 4.98 Å². The fourth-order valence-corrected chi connectivity index (χ4v) is 2.83. The van der Waals surface area contributed by atoms with Crippen molar-refractivity contribution in [3.05, 3.63) is 60.1 Å². The van der Waals surface area contributed by atoms with E-state index >= 15 is 0 Å². The number of hydrogen-bond donors (Lipinski definition) is 1. The first-order valence-corrected chi connectivity index (χ1v) is 8.03. The molecule has 0 atom stereocenters. The molecule has 0 bridgehead atoms. The molecule has 0 spiro atoms. The molecule has 0 saturated carbocycles. The van der Waals surface area contributed by atoms with Crippen LogP contribution in [0.25, 0.3) is 11.4 Å². The minimum atomic E-state index is -0.0988. The first-order chi connectivity index (χ1) is 11.2. The summed E-state index contributed by atoms with van der Waals surface area (Å²) in [6, 6.07) is 15.4. The summed E-state index contributed by atoms with van der Waals surface area (Å²) >= 11 is 1.39. The lowest BCUT2D eigenvalue weighted by Gasteiger charge is -2.17. The first kappa shape index (κ1) is 15.2. The molecule has 1 N–H and O–H groups in total. The highest BCUT2D eigenvalue weighted by Gasteiger charge is 2.11. The van der Waals surface area contributed by atoms with Crippen molar-refractivity contribution < 1.29 is 4.79 Å². The molecule has 116 valence electrons. The van der Waals surface area contributed by atoms with Crippen molar-refractivity contribution in [3.63, 3.8) is 0 Å². The van der Waals surface area contributed by atoms with Crippen LogP contribution in [0.3, 0.4) is 0 Å². The Morgan fingerprint density at radius 2 is 1.91 bits per heavy atom. The topological polar surface area (TPSA) is 58.1 Å². The summed E-state index contributed by atoms with van der Waals surface area (Å²) < 4.78 is 0. The molecule has 0 fully saturated rings. The van der Waals surface area contributed by atoms with Crippen LogP contribution >= 0.6 is 11.3 Å². The van der Waals surface area contributed by atoms with Crippen LogP contribution in [-0.4, -0.2) is 29.5 Å². The van der Waals surface area contributed by atoms with Gasteiger partial charge in [-0.15, -0.1) is 11.3 Å². The second-order valence-electron chi connectivity index (χ2n) is 4.99. The van der Waals surface area contributed by atoms with Crippen LogP contribution in [0.1, 0.15) is 0 Å².